The summed E-state index contributed by atoms with van der Waals surface area (Å²) in [7, 11) is 0. The lowest BCUT2D eigenvalue weighted by molar-refractivity contribution is 0.947. The van der Waals surface area contributed by atoms with Gasteiger partial charge in [-0.3, -0.25) is 0 Å². The van der Waals surface area contributed by atoms with Crippen molar-refractivity contribution in [1.29, 1.82) is 0 Å². The molecule has 24 heavy (non-hydrogen) atoms. The molecule has 0 heterocycles. The van der Waals surface area contributed by atoms with E-state index in [-0.39, 0.29) is 0 Å². The summed E-state index contributed by atoms with van der Waals surface area (Å²) in [6, 6.07) is 9.26. The van der Waals surface area contributed by atoms with Crippen molar-refractivity contribution in [2.24, 2.45) is 0 Å². The summed E-state index contributed by atoms with van der Waals surface area (Å²) in [5.41, 5.74) is 11.6. The Morgan fingerprint density at radius 1 is 0.958 bits per heavy atom. The first-order valence-corrected chi connectivity index (χ1v) is 9.28. The lowest BCUT2D eigenvalue weighted by Crippen LogP contribution is -2.04. The summed E-state index contributed by atoms with van der Waals surface area (Å²) in [4.78, 5) is 0. The van der Waals surface area contributed by atoms with Crippen LogP contribution in [0.2, 0.25) is 0 Å². The fourth-order valence-electron chi connectivity index (χ4n) is 4.13. The van der Waals surface area contributed by atoms with Crippen molar-refractivity contribution in [2.45, 2.75) is 53.4 Å². The molecule has 0 spiro atoms. The van der Waals surface area contributed by atoms with E-state index in [2.05, 4.69) is 76.3 Å². The second-order valence-corrected chi connectivity index (χ2v) is 6.61. The number of benzene rings is 2. The highest BCUT2D eigenvalue weighted by Gasteiger charge is 2.16. The predicted molar refractivity (Wildman–Crippen MR) is 107 cm³/mol. The van der Waals surface area contributed by atoms with Gasteiger partial charge in [0.2, 0.25) is 0 Å². The van der Waals surface area contributed by atoms with Gasteiger partial charge in [-0.25, -0.2) is 0 Å². The average Bonchev–Trinajstić information content (AvgIpc) is 2.61. The van der Waals surface area contributed by atoms with Crippen LogP contribution in [-0.2, 0) is 19.3 Å². The minimum atomic E-state index is 1.08. The maximum Gasteiger partial charge on any atom is -0.0146 e. The smallest absolute Gasteiger partial charge is 0.0146 e. The van der Waals surface area contributed by atoms with Crippen LogP contribution in [0.1, 0.15) is 60.6 Å². The van der Waals surface area contributed by atoms with E-state index in [0.717, 1.165) is 12.8 Å². The Morgan fingerprint density at radius 2 is 1.71 bits per heavy atom. The largest absolute Gasteiger partial charge is 0.0871 e. The predicted octanol–water partition coefficient (Wildman–Crippen LogP) is 6.78. The third kappa shape index (κ3) is 2.86. The van der Waals surface area contributed by atoms with Gasteiger partial charge < -0.3 is 0 Å². The zero-order chi connectivity index (χ0) is 17.1. The van der Waals surface area contributed by atoms with Crippen molar-refractivity contribution < 1.29 is 0 Å². The molecular weight excluding hydrogens is 288 g/mol. The third-order valence-electron chi connectivity index (χ3n) is 5.30. The van der Waals surface area contributed by atoms with Crippen molar-refractivity contribution in [1.82, 2.24) is 0 Å². The molecule has 0 heteroatoms. The molecule has 0 aromatic heterocycles. The van der Waals surface area contributed by atoms with Crippen LogP contribution in [-0.4, -0.2) is 0 Å². The number of allylic oxidation sites excluding steroid dienone is 2. The number of hydrogen-bond donors (Lipinski definition) is 0. The second kappa shape index (κ2) is 7.21. The molecule has 0 bridgehead atoms. The van der Waals surface area contributed by atoms with Crippen molar-refractivity contribution in [2.75, 3.05) is 0 Å². The molecule has 0 saturated carbocycles. The normalized spacial score (nSPS) is 13.5. The molecule has 3 rings (SSSR count). The van der Waals surface area contributed by atoms with Crippen molar-refractivity contribution in [3.05, 3.63) is 69.8 Å². The number of fused-ring (bicyclic) bond motifs is 1. The van der Waals surface area contributed by atoms with Gasteiger partial charge in [0.05, 0.1) is 0 Å². The third-order valence-corrected chi connectivity index (χ3v) is 5.30. The fourth-order valence-corrected chi connectivity index (χ4v) is 4.13. The highest BCUT2D eigenvalue weighted by Crippen LogP contribution is 2.36. The molecule has 0 amide bonds. The Balaban J connectivity index is 2.21. The van der Waals surface area contributed by atoms with Crippen molar-refractivity contribution in [3.63, 3.8) is 0 Å². The van der Waals surface area contributed by atoms with Gasteiger partial charge in [0.1, 0.15) is 0 Å². The van der Waals surface area contributed by atoms with E-state index in [1.54, 1.807) is 11.1 Å². The first kappa shape index (κ1) is 16.8. The van der Waals surface area contributed by atoms with E-state index in [1.165, 1.54) is 46.2 Å². The van der Waals surface area contributed by atoms with Crippen LogP contribution in [0.15, 0.2) is 36.4 Å². The first-order chi connectivity index (χ1) is 11.7. The maximum atomic E-state index is 2.34. The Morgan fingerprint density at radius 3 is 2.42 bits per heavy atom. The van der Waals surface area contributed by atoms with Gasteiger partial charge in [-0.2, -0.15) is 0 Å². The summed E-state index contributed by atoms with van der Waals surface area (Å²) in [6.45, 7) is 8.94. The Labute approximate surface area is 146 Å². The molecule has 0 N–H and O–H groups in total. The molecule has 0 radical (unpaired) electrons. The maximum absolute atomic E-state index is 2.34. The molecule has 0 aliphatic heterocycles. The molecule has 0 saturated heterocycles. The van der Waals surface area contributed by atoms with Crippen LogP contribution >= 0.6 is 0 Å². The molecule has 0 atom stereocenters. The Bertz CT molecular complexity index is 803. The van der Waals surface area contributed by atoms with Gasteiger partial charge in [-0.15, -0.1) is 0 Å². The van der Waals surface area contributed by atoms with Gasteiger partial charge in [0, 0.05) is 0 Å². The molecule has 2 aromatic carbocycles. The van der Waals surface area contributed by atoms with Gasteiger partial charge in [0.25, 0.3) is 0 Å². The topological polar surface area (TPSA) is 0 Å². The molecule has 0 unspecified atom stereocenters. The lowest BCUT2D eigenvalue weighted by Gasteiger charge is -2.21. The van der Waals surface area contributed by atoms with E-state index in [0.29, 0.717) is 0 Å². The van der Waals surface area contributed by atoms with Crippen molar-refractivity contribution in [3.8, 4) is 11.1 Å². The van der Waals surface area contributed by atoms with Crippen LogP contribution in [0, 0.1) is 6.92 Å². The molecule has 2 aromatic rings. The number of hydrogen-bond acceptors (Lipinski definition) is 0. The SMILES string of the molecule is C/C=C\c1ccc(-c2ccc3c(c2CC)CCC=C3)c(C)c1CC. The van der Waals surface area contributed by atoms with E-state index in [9.17, 15) is 0 Å². The van der Waals surface area contributed by atoms with E-state index < -0.39 is 0 Å². The molecular formula is C24H28. The summed E-state index contributed by atoms with van der Waals surface area (Å²) >= 11 is 0. The monoisotopic (exact) mass is 316 g/mol. The Hall–Kier alpha value is -2.08. The van der Waals surface area contributed by atoms with Crippen LogP contribution in [0.25, 0.3) is 23.3 Å². The standard InChI is InChI=1S/C24H28/c1-5-10-18-13-15-22(17(4)20(18)6-2)24-16-14-19-11-8-9-12-23(19)21(24)7-3/h5,8,10-11,13-16H,6-7,9,12H2,1-4H3/b10-5-. The van der Waals surface area contributed by atoms with E-state index in [4.69, 9.17) is 0 Å². The fraction of sp³-hybridized carbons (Fsp3) is 0.333. The highest BCUT2D eigenvalue weighted by molar-refractivity contribution is 5.78. The average molecular weight is 316 g/mol. The lowest BCUT2D eigenvalue weighted by atomic mass is 9.83. The summed E-state index contributed by atoms with van der Waals surface area (Å²) in [6.07, 6.45) is 13.5. The van der Waals surface area contributed by atoms with Gasteiger partial charge in [-0.1, -0.05) is 62.4 Å². The minimum Gasteiger partial charge on any atom is -0.0871 e. The van der Waals surface area contributed by atoms with Crippen LogP contribution < -0.4 is 0 Å². The molecule has 0 nitrogen and oxygen atoms in total. The first-order valence-electron chi connectivity index (χ1n) is 9.28. The zero-order valence-electron chi connectivity index (χ0n) is 15.4. The summed E-state index contributed by atoms with van der Waals surface area (Å²) < 4.78 is 0. The molecule has 1 aliphatic carbocycles. The van der Waals surface area contributed by atoms with Gasteiger partial charge in [0.15, 0.2) is 0 Å². The zero-order valence-corrected chi connectivity index (χ0v) is 15.4. The highest BCUT2D eigenvalue weighted by atomic mass is 14.2. The van der Waals surface area contributed by atoms with E-state index >= 15 is 0 Å². The second-order valence-electron chi connectivity index (χ2n) is 6.61. The molecule has 1 aliphatic rings. The summed E-state index contributed by atoms with van der Waals surface area (Å²) in [5.74, 6) is 0. The van der Waals surface area contributed by atoms with E-state index in [1.807, 2.05) is 0 Å². The van der Waals surface area contributed by atoms with Crippen LogP contribution in [0.5, 0.6) is 0 Å². The molecule has 124 valence electrons. The van der Waals surface area contributed by atoms with Crippen molar-refractivity contribution >= 4 is 12.2 Å². The Kier molecular flexibility index (Phi) is 5.04. The number of rotatable bonds is 4. The minimum absolute atomic E-state index is 1.08. The van der Waals surface area contributed by atoms with Crippen LogP contribution in [0.4, 0.5) is 0 Å². The van der Waals surface area contributed by atoms with Gasteiger partial charge >= 0.3 is 0 Å². The van der Waals surface area contributed by atoms with Gasteiger partial charge in [-0.05, 0) is 84.0 Å². The molecule has 0 fully saturated rings. The summed E-state index contributed by atoms with van der Waals surface area (Å²) in [5, 5.41) is 0. The van der Waals surface area contributed by atoms with Crippen LogP contribution in [0.3, 0.4) is 0 Å². The quantitative estimate of drug-likeness (QED) is 0.583.